The van der Waals surface area contributed by atoms with Crippen LogP contribution in [0.5, 0.6) is 5.75 Å². The molecule has 1 aliphatic carbocycles. The minimum Gasteiger partial charge on any atom is -0.497 e. The van der Waals surface area contributed by atoms with Crippen LogP contribution in [0, 0.1) is 6.92 Å². The number of pyridine rings is 1. The summed E-state index contributed by atoms with van der Waals surface area (Å²) in [5.74, 6) is -0.236. The molecular formula is C25H17NO4. The number of carbonyl (C=O) groups is 3. The first-order valence-electron chi connectivity index (χ1n) is 9.53. The summed E-state index contributed by atoms with van der Waals surface area (Å²) in [6.45, 7) is 1.81. The molecule has 0 N–H and O–H groups in total. The molecular weight excluding hydrogens is 378 g/mol. The molecule has 2 aromatic heterocycles. The van der Waals surface area contributed by atoms with Gasteiger partial charge < -0.3 is 9.14 Å². The average Bonchev–Trinajstić information content (AvgIpc) is 3.27. The number of fused-ring (bicyclic) bond motifs is 3. The summed E-state index contributed by atoms with van der Waals surface area (Å²) in [5, 5.41) is 0. The highest BCUT2D eigenvalue weighted by Gasteiger charge is 2.36. The van der Waals surface area contributed by atoms with E-state index in [9.17, 15) is 14.4 Å². The first-order valence-corrected chi connectivity index (χ1v) is 9.53. The second-order valence-corrected chi connectivity index (χ2v) is 7.25. The maximum atomic E-state index is 13.6. The molecule has 0 bridgehead atoms. The molecule has 146 valence electrons. The molecule has 0 amide bonds. The number of nitrogens with zero attached hydrogens (tertiary/aromatic N) is 1. The normalized spacial score (nSPS) is 12.6. The third-order valence-corrected chi connectivity index (χ3v) is 5.67. The van der Waals surface area contributed by atoms with Crippen LogP contribution in [0.15, 0.2) is 66.9 Å². The Morgan fingerprint density at radius 3 is 2.10 bits per heavy atom. The van der Waals surface area contributed by atoms with Crippen molar-refractivity contribution in [3.63, 3.8) is 0 Å². The van der Waals surface area contributed by atoms with Crippen LogP contribution in [0.4, 0.5) is 0 Å². The fourth-order valence-electron chi connectivity index (χ4n) is 4.19. The molecule has 30 heavy (non-hydrogen) atoms. The standard InChI is InChI=1S/C25H17NO4/c1-14-19-8-5-13-26(19)22(23(27)15-9-11-16(30-2)12-10-15)21-20(14)24(28)17-6-3-4-7-18(17)25(21)29/h3-13H,1-2H3. The van der Waals surface area contributed by atoms with Crippen LogP contribution in [0.3, 0.4) is 0 Å². The van der Waals surface area contributed by atoms with Crippen molar-refractivity contribution in [2.75, 3.05) is 7.11 Å². The molecule has 2 aromatic carbocycles. The summed E-state index contributed by atoms with van der Waals surface area (Å²) in [6.07, 6.45) is 1.75. The van der Waals surface area contributed by atoms with Crippen molar-refractivity contribution < 1.29 is 19.1 Å². The maximum Gasteiger partial charge on any atom is 0.210 e. The van der Waals surface area contributed by atoms with Crippen molar-refractivity contribution in [2.24, 2.45) is 0 Å². The Balaban J connectivity index is 1.84. The van der Waals surface area contributed by atoms with Gasteiger partial charge in [-0.05, 0) is 48.9 Å². The quantitative estimate of drug-likeness (QED) is 0.428. The van der Waals surface area contributed by atoms with E-state index in [2.05, 4.69) is 0 Å². The molecule has 0 saturated carbocycles. The second kappa shape index (κ2) is 6.52. The third-order valence-electron chi connectivity index (χ3n) is 5.67. The average molecular weight is 395 g/mol. The zero-order chi connectivity index (χ0) is 21.0. The largest absolute Gasteiger partial charge is 0.497 e. The Labute approximate surface area is 172 Å². The monoisotopic (exact) mass is 395 g/mol. The molecule has 0 aliphatic heterocycles. The number of aromatic nitrogens is 1. The van der Waals surface area contributed by atoms with Gasteiger partial charge in [0.25, 0.3) is 0 Å². The number of aryl methyl sites for hydroxylation is 1. The molecule has 0 radical (unpaired) electrons. The highest BCUT2D eigenvalue weighted by Crippen LogP contribution is 2.35. The maximum absolute atomic E-state index is 13.6. The zero-order valence-corrected chi connectivity index (χ0v) is 16.4. The van der Waals surface area contributed by atoms with Crippen LogP contribution in [-0.2, 0) is 0 Å². The molecule has 0 spiro atoms. The van der Waals surface area contributed by atoms with Gasteiger partial charge in [0.05, 0.1) is 12.7 Å². The number of methoxy groups -OCH3 is 1. The van der Waals surface area contributed by atoms with Gasteiger partial charge in [-0.2, -0.15) is 0 Å². The van der Waals surface area contributed by atoms with E-state index in [1.54, 1.807) is 72.3 Å². The van der Waals surface area contributed by atoms with Crippen molar-refractivity contribution in [3.8, 4) is 5.75 Å². The summed E-state index contributed by atoms with van der Waals surface area (Å²) in [6, 6.07) is 17.1. The summed E-state index contributed by atoms with van der Waals surface area (Å²) >= 11 is 0. The second-order valence-electron chi connectivity index (χ2n) is 7.25. The van der Waals surface area contributed by atoms with Crippen molar-refractivity contribution in [1.82, 2.24) is 4.40 Å². The molecule has 4 aromatic rings. The summed E-state index contributed by atoms with van der Waals surface area (Å²) in [7, 11) is 1.55. The van der Waals surface area contributed by atoms with E-state index in [4.69, 9.17) is 4.74 Å². The third kappa shape index (κ3) is 2.38. The minimum absolute atomic E-state index is 0.167. The van der Waals surface area contributed by atoms with E-state index in [-0.39, 0.29) is 28.6 Å². The summed E-state index contributed by atoms with van der Waals surface area (Å²) in [5.41, 5.74) is 3.20. The first-order chi connectivity index (χ1) is 14.5. The summed E-state index contributed by atoms with van der Waals surface area (Å²) < 4.78 is 6.88. The minimum atomic E-state index is -0.323. The molecule has 5 heteroatoms. The van der Waals surface area contributed by atoms with Gasteiger partial charge in [0.1, 0.15) is 11.4 Å². The Morgan fingerprint density at radius 1 is 0.833 bits per heavy atom. The van der Waals surface area contributed by atoms with Gasteiger partial charge in [-0.15, -0.1) is 0 Å². The van der Waals surface area contributed by atoms with Gasteiger partial charge >= 0.3 is 0 Å². The van der Waals surface area contributed by atoms with E-state index in [0.717, 1.165) is 5.52 Å². The van der Waals surface area contributed by atoms with Crippen LogP contribution in [-0.4, -0.2) is 28.9 Å². The van der Waals surface area contributed by atoms with E-state index in [1.165, 1.54) is 0 Å². The van der Waals surface area contributed by atoms with Crippen molar-refractivity contribution >= 4 is 22.9 Å². The van der Waals surface area contributed by atoms with Crippen molar-refractivity contribution in [2.45, 2.75) is 6.92 Å². The van der Waals surface area contributed by atoms with E-state index in [1.807, 2.05) is 13.0 Å². The fraction of sp³-hybridized carbons (Fsp3) is 0.0800. The molecule has 2 heterocycles. The number of hydrogen-bond donors (Lipinski definition) is 0. The van der Waals surface area contributed by atoms with Gasteiger partial charge in [-0.3, -0.25) is 14.4 Å². The van der Waals surface area contributed by atoms with Crippen LogP contribution in [0.25, 0.3) is 5.52 Å². The molecule has 0 atom stereocenters. The molecule has 0 saturated heterocycles. The van der Waals surface area contributed by atoms with Gasteiger partial charge in [0.2, 0.25) is 5.78 Å². The molecule has 1 aliphatic rings. The number of hydrogen-bond acceptors (Lipinski definition) is 4. The molecule has 0 unspecified atom stereocenters. The SMILES string of the molecule is COc1ccc(C(=O)c2c3c(c(C)c4cccn24)C(=O)c2ccccc2C3=O)cc1. The molecule has 5 rings (SSSR count). The highest BCUT2D eigenvalue weighted by molar-refractivity contribution is 6.32. The van der Waals surface area contributed by atoms with Crippen LogP contribution in [0.2, 0.25) is 0 Å². The van der Waals surface area contributed by atoms with Gasteiger partial charge in [0.15, 0.2) is 11.6 Å². The Bertz CT molecular complexity index is 1380. The molecule has 0 fully saturated rings. The molecule has 5 nitrogen and oxygen atoms in total. The predicted octanol–water partition coefficient (Wildman–Crippen LogP) is 4.26. The van der Waals surface area contributed by atoms with E-state index < -0.39 is 0 Å². The number of carbonyl (C=O) groups excluding carboxylic acids is 3. The number of benzene rings is 2. The fourth-order valence-corrected chi connectivity index (χ4v) is 4.19. The zero-order valence-electron chi connectivity index (χ0n) is 16.4. The lowest BCUT2D eigenvalue weighted by molar-refractivity contribution is 0.0968. The van der Waals surface area contributed by atoms with Crippen molar-refractivity contribution in [1.29, 1.82) is 0 Å². The number of ketones is 3. The highest BCUT2D eigenvalue weighted by atomic mass is 16.5. The van der Waals surface area contributed by atoms with Crippen LogP contribution in [0.1, 0.15) is 53.5 Å². The smallest absolute Gasteiger partial charge is 0.210 e. The van der Waals surface area contributed by atoms with Crippen LogP contribution < -0.4 is 4.74 Å². The first kappa shape index (κ1) is 18.1. The lowest BCUT2D eigenvalue weighted by Gasteiger charge is -2.23. The van der Waals surface area contributed by atoms with Gasteiger partial charge in [-0.25, -0.2) is 0 Å². The number of ether oxygens (including phenoxy) is 1. The topological polar surface area (TPSA) is 64.8 Å². The Kier molecular flexibility index (Phi) is 3.93. The lowest BCUT2D eigenvalue weighted by Crippen LogP contribution is -2.27. The Morgan fingerprint density at radius 2 is 1.47 bits per heavy atom. The summed E-state index contributed by atoms with van der Waals surface area (Å²) in [4.78, 5) is 40.4. The van der Waals surface area contributed by atoms with Gasteiger partial charge in [-0.1, -0.05) is 24.3 Å². The van der Waals surface area contributed by atoms with E-state index in [0.29, 0.717) is 33.6 Å². The number of rotatable bonds is 3. The van der Waals surface area contributed by atoms with Crippen molar-refractivity contribution in [3.05, 3.63) is 106 Å². The van der Waals surface area contributed by atoms with Crippen LogP contribution >= 0.6 is 0 Å². The van der Waals surface area contributed by atoms with E-state index >= 15 is 0 Å². The predicted molar refractivity (Wildman–Crippen MR) is 112 cm³/mol. The Hall–Kier alpha value is -3.99. The lowest BCUT2D eigenvalue weighted by atomic mass is 9.80. The van der Waals surface area contributed by atoms with Gasteiger partial charge in [0, 0.05) is 34.0 Å².